The number of carbonyl (C=O) groups is 1. The van der Waals surface area contributed by atoms with E-state index in [4.69, 9.17) is 23.7 Å². The first-order valence-electron chi connectivity index (χ1n) is 9.55. The molecule has 0 spiro atoms. The molecule has 31 heavy (non-hydrogen) atoms. The minimum Gasteiger partial charge on any atom is -0.493 e. The maximum atomic E-state index is 12.8. The number of amides is 1. The molecule has 0 heterocycles. The van der Waals surface area contributed by atoms with Crippen molar-refractivity contribution >= 4 is 11.6 Å². The van der Waals surface area contributed by atoms with Crippen LogP contribution in [0.25, 0.3) is 0 Å². The van der Waals surface area contributed by atoms with E-state index >= 15 is 0 Å². The van der Waals surface area contributed by atoms with E-state index in [9.17, 15) is 4.79 Å². The lowest BCUT2D eigenvalue weighted by atomic mass is 10.1. The van der Waals surface area contributed by atoms with Crippen LogP contribution in [0, 0.1) is 0 Å². The molecule has 0 fully saturated rings. The van der Waals surface area contributed by atoms with Crippen LogP contribution in [0.1, 0.15) is 15.9 Å². The molecule has 0 aromatic heterocycles. The van der Waals surface area contributed by atoms with Gasteiger partial charge in [0.25, 0.3) is 5.91 Å². The minimum atomic E-state index is -0.317. The first-order chi connectivity index (χ1) is 15.1. The Hall–Kier alpha value is -3.87. The molecule has 3 aromatic rings. The number of carbonyl (C=O) groups excluding carboxylic acids is 1. The maximum absolute atomic E-state index is 12.8. The molecular weight excluding hydrogens is 398 g/mol. The first-order valence-corrected chi connectivity index (χ1v) is 9.55. The smallest absolute Gasteiger partial charge is 0.255 e. The minimum absolute atomic E-state index is 0.317. The van der Waals surface area contributed by atoms with E-state index < -0.39 is 0 Å². The van der Waals surface area contributed by atoms with Gasteiger partial charge in [0.15, 0.2) is 23.0 Å². The SMILES string of the molecule is COc1cc(C(=O)Nc2cc(OC)c(OC)c(OC)c2)ccc1OCc1ccccc1. The quantitative estimate of drug-likeness (QED) is 0.544. The third kappa shape index (κ3) is 5.19. The second-order valence-electron chi connectivity index (χ2n) is 6.51. The molecule has 1 amide bonds. The maximum Gasteiger partial charge on any atom is 0.255 e. The summed E-state index contributed by atoms with van der Waals surface area (Å²) in [6.45, 7) is 0.397. The average Bonchev–Trinajstić information content (AvgIpc) is 2.82. The Morgan fingerprint density at radius 1 is 0.742 bits per heavy atom. The van der Waals surface area contributed by atoms with Gasteiger partial charge in [-0.05, 0) is 23.8 Å². The fraction of sp³-hybridized carbons (Fsp3) is 0.208. The highest BCUT2D eigenvalue weighted by Gasteiger charge is 2.16. The fourth-order valence-electron chi connectivity index (χ4n) is 3.02. The molecule has 0 bridgehead atoms. The topological polar surface area (TPSA) is 75.3 Å². The second kappa shape index (κ2) is 10.2. The van der Waals surface area contributed by atoms with Crippen molar-refractivity contribution in [2.75, 3.05) is 33.8 Å². The largest absolute Gasteiger partial charge is 0.493 e. The van der Waals surface area contributed by atoms with E-state index in [1.165, 1.54) is 28.4 Å². The van der Waals surface area contributed by atoms with Gasteiger partial charge in [0.2, 0.25) is 5.75 Å². The summed E-state index contributed by atoms with van der Waals surface area (Å²) < 4.78 is 27.2. The Bertz CT molecular complexity index is 1010. The molecule has 0 aliphatic heterocycles. The summed E-state index contributed by atoms with van der Waals surface area (Å²) in [5, 5.41) is 2.84. The van der Waals surface area contributed by atoms with Gasteiger partial charge in [-0.2, -0.15) is 0 Å². The number of methoxy groups -OCH3 is 4. The van der Waals surface area contributed by atoms with Crippen LogP contribution >= 0.6 is 0 Å². The van der Waals surface area contributed by atoms with Gasteiger partial charge in [-0.25, -0.2) is 0 Å². The number of ether oxygens (including phenoxy) is 5. The Kier molecular flexibility index (Phi) is 7.22. The highest BCUT2D eigenvalue weighted by molar-refractivity contribution is 6.05. The molecule has 0 unspecified atom stereocenters. The third-order valence-electron chi connectivity index (χ3n) is 4.59. The summed E-state index contributed by atoms with van der Waals surface area (Å²) in [6, 6.07) is 18.2. The van der Waals surface area contributed by atoms with Crippen molar-refractivity contribution < 1.29 is 28.5 Å². The predicted octanol–water partition coefficient (Wildman–Crippen LogP) is 4.55. The van der Waals surface area contributed by atoms with Gasteiger partial charge < -0.3 is 29.0 Å². The number of nitrogens with one attached hydrogen (secondary N) is 1. The number of hydrogen-bond donors (Lipinski definition) is 1. The Morgan fingerprint density at radius 3 is 1.97 bits per heavy atom. The molecule has 0 atom stereocenters. The lowest BCUT2D eigenvalue weighted by Crippen LogP contribution is -2.12. The van der Waals surface area contributed by atoms with Gasteiger partial charge in [0.05, 0.1) is 28.4 Å². The summed E-state index contributed by atoms with van der Waals surface area (Å²) in [5.41, 5.74) is 1.95. The van der Waals surface area contributed by atoms with E-state index in [0.29, 0.717) is 46.6 Å². The number of hydrogen-bond acceptors (Lipinski definition) is 6. The van der Waals surface area contributed by atoms with Crippen LogP contribution in [0.4, 0.5) is 5.69 Å². The van der Waals surface area contributed by atoms with Crippen molar-refractivity contribution in [3.8, 4) is 28.7 Å². The van der Waals surface area contributed by atoms with E-state index in [2.05, 4.69) is 5.32 Å². The van der Waals surface area contributed by atoms with Gasteiger partial charge in [-0.3, -0.25) is 4.79 Å². The van der Waals surface area contributed by atoms with Crippen molar-refractivity contribution in [3.63, 3.8) is 0 Å². The normalized spacial score (nSPS) is 10.2. The van der Waals surface area contributed by atoms with Gasteiger partial charge in [-0.15, -0.1) is 0 Å². The first kappa shape index (κ1) is 21.8. The molecule has 0 saturated carbocycles. The van der Waals surface area contributed by atoms with Crippen LogP contribution in [0.5, 0.6) is 28.7 Å². The molecule has 0 saturated heterocycles. The van der Waals surface area contributed by atoms with E-state index in [0.717, 1.165) is 5.56 Å². The van der Waals surface area contributed by atoms with E-state index in [1.807, 2.05) is 30.3 Å². The van der Waals surface area contributed by atoms with E-state index in [1.54, 1.807) is 30.3 Å². The highest BCUT2D eigenvalue weighted by Crippen LogP contribution is 2.40. The predicted molar refractivity (Wildman–Crippen MR) is 118 cm³/mol. The molecule has 1 N–H and O–H groups in total. The molecule has 0 aliphatic rings. The molecule has 0 radical (unpaired) electrons. The lowest BCUT2D eigenvalue weighted by Gasteiger charge is -2.15. The van der Waals surface area contributed by atoms with Gasteiger partial charge >= 0.3 is 0 Å². The summed E-state index contributed by atoms with van der Waals surface area (Å²) in [5.74, 6) is 2.04. The van der Waals surface area contributed by atoms with Crippen LogP contribution in [0.2, 0.25) is 0 Å². The summed E-state index contributed by atoms with van der Waals surface area (Å²) >= 11 is 0. The standard InChI is InChI=1S/C24H25NO6/c1-27-20-12-17(10-11-19(20)31-15-16-8-6-5-7-9-16)24(26)25-18-13-21(28-2)23(30-4)22(14-18)29-3/h5-14H,15H2,1-4H3,(H,25,26). The highest BCUT2D eigenvalue weighted by atomic mass is 16.5. The zero-order valence-electron chi connectivity index (χ0n) is 17.9. The third-order valence-corrected chi connectivity index (χ3v) is 4.59. The lowest BCUT2D eigenvalue weighted by molar-refractivity contribution is 0.102. The van der Waals surface area contributed by atoms with Crippen LogP contribution in [-0.4, -0.2) is 34.3 Å². The molecule has 0 aliphatic carbocycles. The van der Waals surface area contributed by atoms with Crippen molar-refractivity contribution in [1.29, 1.82) is 0 Å². The summed E-state index contributed by atoms with van der Waals surface area (Å²) in [6.07, 6.45) is 0. The number of anilines is 1. The average molecular weight is 423 g/mol. The number of rotatable bonds is 9. The van der Waals surface area contributed by atoms with Crippen LogP contribution < -0.4 is 29.0 Å². The zero-order valence-corrected chi connectivity index (χ0v) is 17.9. The number of benzene rings is 3. The Morgan fingerprint density at radius 2 is 1.39 bits per heavy atom. The van der Waals surface area contributed by atoms with Crippen molar-refractivity contribution in [2.24, 2.45) is 0 Å². The van der Waals surface area contributed by atoms with Crippen LogP contribution in [0.3, 0.4) is 0 Å². The van der Waals surface area contributed by atoms with Crippen LogP contribution in [-0.2, 0) is 6.61 Å². The van der Waals surface area contributed by atoms with Gasteiger partial charge in [0.1, 0.15) is 6.61 Å². The molecule has 3 rings (SSSR count). The van der Waals surface area contributed by atoms with Gasteiger partial charge in [-0.1, -0.05) is 30.3 Å². The molecule has 7 heteroatoms. The second-order valence-corrected chi connectivity index (χ2v) is 6.51. The van der Waals surface area contributed by atoms with Crippen molar-refractivity contribution in [3.05, 3.63) is 71.8 Å². The fourth-order valence-corrected chi connectivity index (χ4v) is 3.02. The van der Waals surface area contributed by atoms with Crippen LogP contribution in [0.15, 0.2) is 60.7 Å². The zero-order chi connectivity index (χ0) is 22.2. The van der Waals surface area contributed by atoms with E-state index in [-0.39, 0.29) is 5.91 Å². The molecular formula is C24H25NO6. The Labute approximate surface area is 181 Å². The van der Waals surface area contributed by atoms with Crippen molar-refractivity contribution in [2.45, 2.75) is 6.61 Å². The molecule has 7 nitrogen and oxygen atoms in total. The summed E-state index contributed by atoms with van der Waals surface area (Å²) in [4.78, 5) is 12.8. The molecule has 162 valence electrons. The molecule has 3 aromatic carbocycles. The Balaban J connectivity index is 1.77. The van der Waals surface area contributed by atoms with Crippen molar-refractivity contribution in [1.82, 2.24) is 0 Å². The summed E-state index contributed by atoms with van der Waals surface area (Å²) in [7, 11) is 6.09. The monoisotopic (exact) mass is 423 g/mol. The van der Waals surface area contributed by atoms with Gasteiger partial charge in [0, 0.05) is 23.4 Å².